The molecule has 3 rings (SSSR count). The fraction of sp³-hybridized carbons (Fsp3) is 0.667. The molecule has 1 amide bonds. The molecular formula is C30H46N4O4. The lowest BCUT2D eigenvalue weighted by atomic mass is 9.74. The van der Waals surface area contributed by atoms with E-state index in [4.69, 9.17) is 9.47 Å². The van der Waals surface area contributed by atoms with E-state index in [9.17, 15) is 9.59 Å². The van der Waals surface area contributed by atoms with Crippen molar-refractivity contribution < 1.29 is 19.1 Å². The molecule has 1 saturated heterocycles. The van der Waals surface area contributed by atoms with Gasteiger partial charge in [-0.25, -0.2) is 9.78 Å². The van der Waals surface area contributed by atoms with E-state index >= 15 is 0 Å². The third-order valence-corrected chi connectivity index (χ3v) is 7.10. The molecule has 8 heteroatoms. The SMILES string of the molecule is Cn1c(C(C)(C)C)cc2ncc(C(=O)/C=C/C[C@H]([C@@H]3COC(C)(C)N3C(=O)OC(C)(C)C)C(C)(C)C)nc21. The van der Waals surface area contributed by atoms with Gasteiger partial charge in [0.05, 0.1) is 18.8 Å². The fourth-order valence-electron chi connectivity index (χ4n) is 5.21. The van der Waals surface area contributed by atoms with Crippen molar-refractivity contribution in [3.05, 3.63) is 35.8 Å². The Labute approximate surface area is 227 Å². The molecular weight excluding hydrogens is 480 g/mol. The number of amides is 1. The largest absolute Gasteiger partial charge is 0.444 e. The van der Waals surface area contributed by atoms with Crippen LogP contribution < -0.4 is 0 Å². The summed E-state index contributed by atoms with van der Waals surface area (Å²) in [5, 5.41) is 0. The smallest absolute Gasteiger partial charge is 0.412 e. The van der Waals surface area contributed by atoms with Gasteiger partial charge in [-0.05, 0) is 64.5 Å². The van der Waals surface area contributed by atoms with Crippen molar-refractivity contribution in [2.45, 2.75) is 105 Å². The predicted molar refractivity (Wildman–Crippen MR) is 150 cm³/mol. The molecule has 2 aromatic rings. The number of ketones is 1. The van der Waals surface area contributed by atoms with Crippen LogP contribution in [0.4, 0.5) is 4.79 Å². The fourth-order valence-corrected chi connectivity index (χ4v) is 5.21. The van der Waals surface area contributed by atoms with Crippen LogP contribution in [0.25, 0.3) is 11.2 Å². The second kappa shape index (κ2) is 10.1. The quantitative estimate of drug-likeness (QED) is 0.330. The summed E-state index contributed by atoms with van der Waals surface area (Å²) in [6.45, 7) is 22.6. The van der Waals surface area contributed by atoms with Gasteiger partial charge in [-0.15, -0.1) is 0 Å². The highest BCUT2D eigenvalue weighted by Crippen LogP contribution is 2.41. The number of ether oxygens (including phenoxy) is 2. The first-order chi connectivity index (χ1) is 17.2. The number of allylic oxidation sites excluding steroid dienone is 2. The average molecular weight is 527 g/mol. The van der Waals surface area contributed by atoms with Gasteiger partial charge in [0, 0.05) is 18.2 Å². The highest BCUT2D eigenvalue weighted by molar-refractivity contribution is 6.03. The number of hydrogen-bond donors (Lipinski definition) is 0. The van der Waals surface area contributed by atoms with Gasteiger partial charge in [-0.3, -0.25) is 14.7 Å². The van der Waals surface area contributed by atoms with Crippen molar-refractivity contribution in [1.82, 2.24) is 19.4 Å². The molecule has 210 valence electrons. The highest BCUT2D eigenvalue weighted by atomic mass is 16.6. The summed E-state index contributed by atoms with van der Waals surface area (Å²) in [6, 6.07) is 1.83. The van der Waals surface area contributed by atoms with Crippen molar-refractivity contribution in [1.29, 1.82) is 0 Å². The molecule has 2 atom stereocenters. The van der Waals surface area contributed by atoms with Gasteiger partial charge in [-0.2, -0.15) is 0 Å². The molecule has 2 aromatic heterocycles. The van der Waals surface area contributed by atoms with Gasteiger partial charge in [0.25, 0.3) is 0 Å². The number of rotatable bonds is 5. The van der Waals surface area contributed by atoms with Gasteiger partial charge in [0.2, 0.25) is 5.78 Å². The Kier molecular flexibility index (Phi) is 7.92. The summed E-state index contributed by atoms with van der Waals surface area (Å²) in [7, 11) is 1.96. The lowest BCUT2D eigenvalue weighted by Gasteiger charge is -2.41. The van der Waals surface area contributed by atoms with Crippen LogP contribution in [0.15, 0.2) is 24.4 Å². The number of hydrogen-bond acceptors (Lipinski definition) is 6. The monoisotopic (exact) mass is 526 g/mol. The summed E-state index contributed by atoms with van der Waals surface area (Å²) in [5.41, 5.74) is 1.26. The number of aryl methyl sites for hydroxylation is 1. The summed E-state index contributed by atoms with van der Waals surface area (Å²) in [4.78, 5) is 37.2. The third kappa shape index (κ3) is 6.45. The lowest BCUT2D eigenvalue weighted by molar-refractivity contribution is -0.0665. The topological polar surface area (TPSA) is 86.6 Å². The summed E-state index contributed by atoms with van der Waals surface area (Å²) >= 11 is 0. The van der Waals surface area contributed by atoms with Gasteiger partial charge >= 0.3 is 6.09 Å². The normalized spacial score (nSPS) is 19.4. The molecule has 1 aliphatic rings. The van der Waals surface area contributed by atoms with E-state index in [1.165, 1.54) is 0 Å². The van der Waals surface area contributed by atoms with Crippen LogP contribution in [0.1, 0.15) is 98.8 Å². The molecule has 3 heterocycles. The maximum absolute atomic E-state index is 13.2. The van der Waals surface area contributed by atoms with E-state index in [0.717, 1.165) is 11.2 Å². The van der Waals surface area contributed by atoms with Crippen LogP contribution in [-0.4, -0.2) is 55.3 Å². The van der Waals surface area contributed by atoms with Crippen LogP contribution in [0, 0.1) is 11.3 Å². The zero-order valence-corrected chi connectivity index (χ0v) is 25.3. The average Bonchev–Trinajstić information content (AvgIpc) is 3.24. The summed E-state index contributed by atoms with van der Waals surface area (Å²) in [6.07, 6.45) is 5.20. The van der Waals surface area contributed by atoms with Crippen LogP contribution in [-0.2, 0) is 21.9 Å². The molecule has 0 unspecified atom stereocenters. The molecule has 0 saturated carbocycles. The van der Waals surface area contributed by atoms with E-state index in [-0.39, 0.29) is 34.7 Å². The minimum Gasteiger partial charge on any atom is -0.444 e. The zero-order chi connectivity index (χ0) is 28.8. The Morgan fingerprint density at radius 1 is 1.16 bits per heavy atom. The number of carbonyl (C=O) groups is 2. The van der Waals surface area contributed by atoms with Crippen LogP contribution in [0.2, 0.25) is 0 Å². The number of nitrogens with zero attached hydrogens (tertiary/aromatic N) is 4. The molecule has 0 aromatic carbocycles. The van der Waals surface area contributed by atoms with Crippen LogP contribution >= 0.6 is 0 Å². The predicted octanol–water partition coefficient (Wildman–Crippen LogP) is 6.43. The Morgan fingerprint density at radius 3 is 2.34 bits per heavy atom. The highest BCUT2D eigenvalue weighted by Gasteiger charge is 2.50. The Balaban J connectivity index is 1.84. The van der Waals surface area contributed by atoms with Gasteiger partial charge in [-0.1, -0.05) is 47.6 Å². The minimum atomic E-state index is -0.790. The van der Waals surface area contributed by atoms with E-state index in [2.05, 4.69) is 51.5 Å². The second-order valence-electron chi connectivity index (χ2n) is 14.0. The van der Waals surface area contributed by atoms with Crippen molar-refractivity contribution in [2.75, 3.05) is 6.61 Å². The van der Waals surface area contributed by atoms with Crippen molar-refractivity contribution in [3.8, 4) is 0 Å². The van der Waals surface area contributed by atoms with Crippen LogP contribution in [0.3, 0.4) is 0 Å². The van der Waals surface area contributed by atoms with Crippen molar-refractivity contribution >= 4 is 23.0 Å². The molecule has 38 heavy (non-hydrogen) atoms. The van der Waals surface area contributed by atoms with Gasteiger partial charge < -0.3 is 14.0 Å². The minimum absolute atomic E-state index is 0.0247. The summed E-state index contributed by atoms with van der Waals surface area (Å²) < 4.78 is 13.8. The maximum atomic E-state index is 13.2. The van der Waals surface area contributed by atoms with Gasteiger partial charge in [0.15, 0.2) is 5.65 Å². The lowest BCUT2D eigenvalue weighted by Crippen LogP contribution is -2.53. The van der Waals surface area contributed by atoms with E-state index in [0.29, 0.717) is 24.4 Å². The Morgan fingerprint density at radius 2 is 1.79 bits per heavy atom. The van der Waals surface area contributed by atoms with E-state index in [1.807, 2.05) is 58.4 Å². The van der Waals surface area contributed by atoms with Crippen molar-refractivity contribution in [2.24, 2.45) is 18.4 Å². The number of aromatic nitrogens is 3. The Bertz CT molecular complexity index is 1220. The van der Waals surface area contributed by atoms with E-state index < -0.39 is 11.3 Å². The second-order valence-corrected chi connectivity index (χ2v) is 14.0. The molecule has 0 radical (unpaired) electrons. The van der Waals surface area contributed by atoms with Crippen molar-refractivity contribution in [3.63, 3.8) is 0 Å². The molecule has 1 aliphatic heterocycles. The maximum Gasteiger partial charge on any atom is 0.412 e. The van der Waals surface area contributed by atoms with Crippen LogP contribution in [0.5, 0.6) is 0 Å². The molecule has 0 N–H and O–H groups in total. The molecule has 0 bridgehead atoms. The first-order valence-corrected chi connectivity index (χ1v) is 13.4. The summed E-state index contributed by atoms with van der Waals surface area (Å²) in [5.74, 6) is -0.172. The molecule has 0 aliphatic carbocycles. The van der Waals surface area contributed by atoms with E-state index in [1.54, 1.807) is 17.2 Å². The first-order valence-electron chi connectivity index (χ1n) is 13.4. The standard InChI is InChI=1S/C30H46N4O4/c1-27(2,3)19(22-18-37-30(10,11)34(22)26(36)38-29(7,8)9)14-13-15-23(35)21-17-31-20-16-24(28(4,5)6)33(12)25(20)32-21/h13,15-17,19,22H,14,18H2,1-12H3/b15-13+/t19-,22+/m1/s1. The van der Waals surface area contributed by atoms with Gasteiger partial charge in [0.1, 0.15) is 22.5 Å². The molecule has 0 spiro atoms. The molecule has 8 nitrogen and oxygen atoms in total. The Hall–Kier alpha value is -2.74. The third-order valence-electron chi connectivity index (χ3n) is 7.10. The number of fused-ring (bicyclic) bond motifs is 1. The number of carbonyl (C=O) groups excluding carboxylic acids is 2. The zero-order valence-electron chi connectivity index (χ0n) is 25.3. The molecule has 1 fully saturated rings. The first kappa shape index (κ1) is 29.8.